The van der Waals surface area contributed by atoms with Crippen molar-refractivity contribution in [1.29, 1.82) is 0 Å². The maximum atomic E-state index is 9.92. The summed E-state index contributed by atoms with van der Waals surface area (Å²) in [5.41, 5.74) is 0. The van der Waals surface area contributed by atoms with Crippen LogP contribution in [0.5, 0.6) is 0 Å². The van der Waals surface area contributed by atoms with Crippen LogP contribution in [0.25, 0.3) is 0 Å². The lowest BCUT2D eigenvalue weighted by Crippen LogP contribution is -1.80. The molecule has 0 spiro atoms. The second-order valence-electron chi connectivity index (χ2n) is 1.18. The molecule has 0 aromatic heterocycles. The van der Waals surface area contributed by atoms with Gasteiger partial charge in [-0.15, -0.1) is 6.58 Å². The maximum absolute atomic E-state index is 9.92. The minimum Gasteiger partial charge on any atom is -0.281 e. The lowest BCUT2D eigenvalue weighted by Gasteiger charge is -1.80. The second-order valence-corrected chi connectivity index (χ2v) is 1.60. The number of carbonyl (C=O) groups excluding carboxylic acids is 1. The third kappa shape index (κ3) is 18.3. The standard InChI is InChI=1S/C5H7ClO.C2H6/c1-2-3-4-5(6)7;1-2/h2H,1,3-4H2;1-2H3. The van der Waals surface area contributed by atoms with E-state index in [9.17, 15) is 4.79 Å². The van der Waals surface area contributed by atoms with Crippen LogP contribution in [-0.2, 0) is 4.79 Å². The van der Waals surface area contributed by atoms with E-state index in [0.29, 0.717) is 12.8 Å². The van der Waals surface area contributed by atoms with E-state index < -0.39 is 0 Å². The van der Waals surface area contributed by atoms with Crippen LogP contribution >= 0.6 is 11.6 Å². The summed E-state index contributed by atoms with van der Waals surface area (Å²) in [5.74, 6) is 0. The Balaban J connectivity index is 0. The average Bonchev–Trinajstić information content (AvgIpc) is 1.88. The van der Waals surface area contributed by atoms with Crippen LogP contribution in [0.4, 0.5) is 0 Å². The van der Waals surface area contributed by atoms with Gasteiger partial charge in [0.25, 0.3) is 0 Å². The fourth-order valence-electron chi connectivity index (χ4n) is 0.216. The number of hydrogen-bond acceptors (Lipinski definition) is 1. The molecule has 1 nitrogen and oxygen atoms in total. The molecule has 0 aromatic carbocycles. The third-order valence-corrected chi connectivity index (χ3v) is 0.734. The van der Waals surface area contributed by atoms with Crippen molar-refractivity contribution in [1.82, 2.24) is 0 Å². The Labute approximate surface area is 61.7 Å². The highest BCUT2D eigenvalue weighted by atomic mass is 35.5. The molecule has 9 heavy (non-hydrogen) atoms. The van der Waals surface area contributed by atoms with Crippen molar-refractivity contribution in [2.45, 2.75) is 26.7 Å². The molecule has 54 valence electrons. The topological polar surface area (TPSA) is 17.1 Å². The summed E-state index contributed by atoms with van der Waals surface area (Å²) >= 11 is 4.97. The molecule has 0 aliphatic rings. The van der Waals surface area contributed by atoms with Gasteiger partial charge < -0.3 is 0 Å². The molecule has 0 fully saturated rings. The minimum atomic E-state index is -0.292. The second kappa shape index (κ2) is 10.6. The fourth-order valence-corrected chi connectivity index (χ4v) is 0.325. The zero-order chi connectivity index (χ0) is 7.70. The van der Waals surface area contributed by atoms with Gasteiger partial charge in [-0.3, -0.25) is 4.79 Å². The molecule has 0 aromatic rings. The first kappa shape index (κ1) is 11.5. The van der Waals surface area contributed by atoms with Gasteiger partial charge in [-0.25, -0.2) is 0 Å². The average molecular weight is 149 g/mol. The smallest absolute Gasteiger partial charge is 0.221 e. The lowest BCUT2D eigenvalue weighted by atomic mass is 10.3. The number of rotatable bonds is 3. The van der Waals surface area contributed by atoms with Gasteiger partial charge in [-0.2, -0.15) is 0 Å². The molecule has 0 radical (unpaired) electrons. The van der Waals surface area contributed by atoms with Crippen molar-refractivity contribution in [3.8, 4) is 0 Å². The summed E-state index contributed by atoms with van der Waals surface area (Å²) < 4.78 is 0. The van der Waals surface area contributed by atoms with Gasteiger partial charge in [0.05, 0.1) is 0 Å². The van der Waals surface area contributed by atoms with Crippen molar-refractivity contribution in [2.75, 3.05) is 0 Å². The van der Waals surface area contributed by atoms with Crippen LogP contribution in [0.3, 0.4) is 0 Å². The van der Waals surface area contributed by atoms with Crippen molar-refractivity contribution in [2.24, 2.45) is 0 Å². The van der Waals surface area contributed by atoms with E-state index in [2.05, 4.69) is 6.58 Å². The first-order valence-electron chi connectivity index (χ1n) is 3.06. The van der Waals surface area contributed by atoms with Gasteiger partial charge in [0, 0.05) is 6.42 Å². The molecule has 0 saturated carbocycles. The van der Waals surface area contributed by atoms with Gasteiger partial charge in [-0.05, 0) is 18.0 Å². The normalized spacial score (nSPS) is 7.00. The fraction of sp³-hybridized carbons (Fsp3) is 0.571. The first-order valence-corrected chi connectivity index (χ1v) is 3.44. The summed E-state index contributed by atoms with van der Waals surface area (Å²) in [7, 11) is 0. The van der Waals surface area contributed by atoms with Crippen molar-refractivity contribution >= 4 is 16.8 Å². The SMILES string of the molecule is C=CCCC(=O)Cl.CC. The molecule has 0 atom stereocenters. The summed E-state index contributed by atoms with van der Waals surface area (Å²) in [4.78, 5) is 9.92. The molecule has 0 N–H and O–H groups in total. The summed E-state index contributed by atoms with van der Waals surface area (Å²) in [6.07, 6.45) is 2.76. The third-order valence-electron chi connectivity index (χ3n) is 0.545. The van der Waals surface area contributed by atoms with Gasteiger partial charge in [0.2, 0.25) is 5.24 Å². The predicted molar refractivity (Wildman–Crippen MR) is 41.6 cm³/mol. The van der Waals surface area contributed by atoms with E-state index in [-0.39, 0.29) is 5.24 Å². The Morgan fingerprint density at radius 1 is 1.67 bits per heavy atom. The highest BCUT2D eigenvalue weighted by Gasteiger charge is 1.88. The zero-order valence-corrected chi connectivity index (χ0v) is 6.74. The molecular weight excluding hydrogens is 136 g/mol. The molecule has 0 saturated heterocycles. The van der Waals surface area contributed by atoms with E-state index in [1.165, 1.54) is 0 Å². The van der Waals surface area contributed by atoms with E-state index in [0.717, 1.165) is 0 Å². The maximum Gasteiger partial charge on any atom is 0.221 e. The van der Waals surface area contributed by atoms with Crippen LogP contribution in [0.2, 0.25) is 0 Å². The molecule has 0 unspecified atom stereocenters. The van der Waals surface area contributed by atoms with Crippen LogP contribution in [-0.4, -0.2) is 5.24 Å². The van der Waals surface area contributed by atoms with Crippen LogP contribution in [0, 0.1) is 0 Å². The Bertz CT molecular complexity index is 79.0. The lowest BCUT2D eigenvalue weighted by molar-refractivity contribution is -0.111. The van der Waals surface area contributed by atoms with Crippen LogP contribution in [0.1, 0.15) is 26.7 Å². The van der Waals surface area contributed by atoms with Gasteiger partial charge in [-0.1, -0.05) is 19.9 Å². The van der Waals surface area contributed by atoms with Crippen molar-refractivity contribution in [3.05, 3.63) is 12.7 Å². The molecule has 2 heteroatoms. The molecule has 0 bridgehead atoms. The quantitative estimate of drug-likeness (QED) is 0.444. The van der Waals surface area contributed by atoms with Crippen LogP contribution in [0.15, 0.2) is 12.7 Å². The van der Waals surface area contributed by atoms with E-state index in [1.54, 1.807) is 6.08 Å². The van der Waals surface area contributed by atoms with E-state index >= 15 is 0 Å². The van der Waals surface area contributed by atoms with E-state index in [1.807, 2.05) is 13.8 Å². The molecule has 0 amide bonds. The summed E-state index contributed by atoms with van der Waals surface area (Å²) in [6.45, 7) is 7.42. The zero-order valence-electron chi connectivity index (χ0n) is 5.98. The Morgan fingerprint density at radius 3 is 2.22 bits per heavy atom. The molecule has 0 rings (SSSR count). The summed E-state index contributed by atoms with van der Waals surface area (Å²) in [5, 5.41) is -0.292. The number of carbonyl (C=O) groups is 1. The van der Waals surface area contributed by atoms with Gasteiger partial charge in [0.15, 0.2) is 0 Å². The van der Waals surface area contributed by atoms with Crippen molar-refractivity contribution in [3.63, 3.8) is 0 Å². The van der Waals surface area contributed by atoms with Crippen LogP contribution < -0.4 is 0 Å². The monoisotopic (exact) mass is 148 g/mol. The predicted octanol–water partition coefficient (Wildman–Crippen LogP) is 2.74. The highest BCUT2D eigenvalue weighted by Crippen LogP contribution is 1.92. The molecule has 0 aliphatic carbocycles. The van der Waals surface area contributed by atoms with E-state index in [4.69, 9.17) is 11.6 Å². The summed E-state index contributed by atoms with van der Waals surface area (Å²) in [6, 6.07) is 0. The number of hydrogen-bond donors (Lipinski definition) is 0. The molecular formula is C7H13ClO. The van der Waals surface area contributed by atoms with Gasteiger partial charge in [0.1, 0.15) is 0 Å². The largest absolute Gasteiger partial charge is 0.281 e. The Kier molecular flexibility index (Phi) is 13.6. The Morgan fingerprint density at radius 2 is 2.11 bits per heavy atom. The number of allylic oxidation sites excluding steroid dienone is 1. The minimum absolute atomic E-state index is 0.292. The number of halogens is 1. The molecule has 0 aliphatic heterocycles. The van der Waals surface area contributed by atoms with Crippen molar-refractivity contribution < 1.29 is 4.79 Å². The molecule has 0 heterocycles. The Hall–Kier alpha value is -0.300. The first-order chi connectivity index (χ1) is 4.27. The highest BCUT2D eigenvalue weighted by molar-refractivity contribution is 6.63. The van der Waals surface area contributed by atoms with Gasteiger partial charge >= 0.3 is 0 Å².